The maximum Gasteiger partial charge on any atom is 0.253 e. The number of nitrogens with zero attached hydrogens (tertiary/aromatic N) is 3. The summed E-state index contributed by atoms with van der Waals surface area (Å²) in [4.78, 5) is 24.6. The molecule has 0 aliphatic rings. The Kier molecular flexibility index (Phi) is 5.69. The van der Waals surface area contributed by atoms with E-state index in [4.69, 9.17) is 4.42 Å². The van der Waals surface area contributed by atoms with E-state index in [2.05, 4.69) is 20.8 Å². The minimum absolute atomic E-state index is 0.162. The zero-order chi connectivity index (χ0) is 18.4. The summed E-state index contributed by atoms with van der Waals surface area (Å²) in [6, 6.07) is 10.4. The largest absolute Gasteiger partial charge is 0.467 e. The van der Waals surface area contributed by atoms with E-state index in [9.17, 15) is 9.59 Å². The number of carbonyl (C=O) groups excluding carboxylic acids is 2. The average molecular weight is 371 g/mol. The quantitative estimate of drug-likeness (QED) is 0.617. The van der Waals surface area contributed by atoms with Crippen molar-refractivity contribution in [2.75, 3.05) is 11.1 Å². The number of hydrogen-bond donors (Lipinski definition) is 2. The van der Waals surface area contributed by atoms with Crippen molar-refractivity contribution in [3.05, 3.63) is 60.3 Å². The summed E-state index contributed by atoms with van der Waals surface area (Å²) in [5.74, 6) is 0.289. The van der Waals surface area contributed by atoms with Crippen LogP contribution < -0.4 is 10.6 Å². The first-order valence-corrected chi connectivity index (χ1v) is 8.78. The molecule has 0 fully saturated rings. The number of carbonyl (C=O) groups is 2. The van der Waals surface area contributed by atoms with Gasteiger partial charge in [-0.25, -0.2) is 0 Å². The number of anilines is 1. The lowest BCUT2D eigenvalue weighted by atomic mass is 10.1. The van der Waals surface area contributed by atoms with Gasteiger partial charge in [-0.3, -0.25) is 9.59 Å². The third kappa shape index (κ3) is 4.51. The van der Waals surface area contributed by atoms with Gasteiger partial charge in [0.25, 0.3) is 5.91 Å². The maximum absolute atomic E-state index is 12.4. The van der Waals surface area contributed by atoms with Crippen molar-refractivity contribution in [3.63, 3.8) is 0 Å². The van der Waals surface area contributed by atoms with Gasteiger partial charge in [0, 0.05) is 7.05 Å². The molecule has 0 bridgehead atoms. The first-order valence-electron chi connectivity index (χ1n) is 7.80. The van der Waals surface area contributed by atoms with E-state index in [0.717, 1.165) is 0 Å². The Morgan fingerprint density at radius 1 is 1.23 bits per heavy atom. The zero-order valence-electron chi connectivity index (χ0n) is 14.0. The molecule has 0 saturated heterocycles. The van der Waals surface area contributed by atoms with Crippen molar-refractivity contribution in [1.29, 1.82) is 0 Å². The Morgan fingerprint density at radius 3 is 2.81 bits per heavy atom. The minimum Gasteiger partial charge on any atom is -0.467 e. The second kappa shape index (κ2) is 8.34. The molecule has 0 spiro atoms. The van der Waals surface area contributed by atoms with Crippen molar-refractivity contribution in [2.45, 2.75) is 11.7 Å². The van der Waals surface area contributed by atoms with Crippen molar-refractivity contribution in [3.8, 4) is 0 Å². The number of hydrogen-bond acceptors (Lipinski definition) is 6. The van der Waals surface area contributed by atoms with Gasteiger partial charge in [-0.05, 0) is 24.3 Å². The highest BCUT2D eigenvalue weighted by molar-refractivity contribution is 7.99. The Morgan fingerprint density at radius 2 is 2.08 bits per heavy atom. The van der Waals surface area contributed by atoms with E-state index < -0.39 is 0 Å². The first-order chi connectivity index (χ1) is 12.6. The second-order valence-corrected chi connectivity index (χ2v) is 6.31. The van der Waals surface area contributed by atoms with E-state index >= 15 is 0 Å². The van der Waals surface area contributed by atoms with E-state index in [1.54, 1.807) is 60.6 Å². The van der Waals surface area contributed by atoms with Crippen LogP contribution >= 0.6 is 11.8 Å². The van der Waals surface area contributed by atoms with Crippen molar-refractivity contribution >= 4 is 29.3 Å². The normalized spacial score (nSPS) is 10.5. The number of aromatic nitrogens is 3. The van der Waals surface area contributed by atoms with Crippen LogP contribution in [-0.4, -0.2) is 32.3 Å². The zero-order valence-corrected chi connectivity index (χ0v) is 14.8. The fourth-order valence-corrected chi connectivity index (χ4v) is 2.87. The topological polar surface area (TPSA) is 102 Å². The van der Waals surface area contributed by atoms with E-state index in [0.29, 0.717) is 22.2 Å². The molecular weight excluding hydrogens is 354 g/mol. The molecule has 1 aromatic carbocycles. The van der Waals surface area contributed by atoms with Crippen molar-refractivity contribution in [2.24, 2.45) is 7.05 Å². The third-order valence-corrected chi connectivity index (χ3v) is 4.49. The molecule has 0 radical (unpaired) electrons. The summed E-state index contributed by atoms with van der Waals surface area (Å²) in [5.41, 5.74) is 0.837. The molecule has 9 heteroatoms. The van der Waals surface area contributed by atoms with Crippen LogP contribution in [0.1, 0.15) is 16.1 Å². The molecule has 0 atom stereocenters. The summed E-state index contributed by atoms with van der Waals surface area (Å²) in [5, 5.41) is 13.8. The molecule has 0 aliphatic heterocycles. The molecule has 0 saturated carbocycles. The molecule has 134 valence electrons. The van der Waals surface area contributed by atoms with Gasteiger partial charge in [-0.2, -0.15) is 0 Å². The van der Waals surface area contributed by atoms with Crippen LogP contribution in [0.4, 0.5) is 5.69 Å². The molecule has 0 unspecified atom stereocenters. The van der Waals surface area contributed by atoms with E-state index in [-0.39, 0.29) is 24.1 Å². The number of nitrogens with one attached hydrogen (secondary N) is 2. The molecule has 3 rings (SSSR count). The number of thioether (sulfide) groups is 1. The van der Waals surface area contributed by atoms with Crippen LogP contribution in [-0.2, 0) is 18.4 Å². The fourth-order valence-electron chi connectivity index (χ4n) is 2.19. The lowest BCUT2D eigenvalue weighted by molar-refractivity contribution is -0.113. The average Bonchev–Trinajstić information content (AvgIpc) is 3.30. The Labute approximate surface area is 154 Å². The maximum atomic E-state index is 12.4. The smallest absolute Gasteiger partial charge is 0.253 e. The summed E-state index contributed by atoms with van der Waals surface area (Å²) in [7, 11) is 1.80. The van der Waals surface area contributed by atoms with E-state index in [1.807, 2.05) is 0 Å². The standard InChI is InChI=1S/C17H17N5O3S/c1-22-11-19-21-17(22)26-10-15(23)20-14-7-3-2-6-13(14)16(24)18-9-12-5-4-8-25-12/h2-8,11H,9-10H2,1H3,(H,18,24)(H,20,23). The molecule has 2 heterocycles. The number of amides is 2. The molecule has 26 heavy (non-hydrogen) atoms. The minimum atomic E-state index is -0.293. The summed E-state index contributed by atoms with van der Waals surface area (Å²) in [6.45, 7) is 0.274. The highest BCUT2D eigenvalue weighted by Crippen LogP contribution is 2.18. The monoisotopic (exact) mass is 371 g/mol. The van der Waals surface area contributed by atoms with Gasteiger partial charge in [0.1, 0.15) is 12.1 Å². The number of furan rings is 1. The van der Waals surface area contributed by atoms with Crippen LogP contribution in [0.25, 0.3) is 0 Å². The Balaban J connectivity index is 1.60. The van der Waals surface area contributed by atoms with Gasteiger partial charge in [0.05, 0.1) is 29.8 Å². The van der Waals surface area contributed by atoms with Crippen LogP contribution in [0.5, 0.6) is 0 Å². The molecule has 2 N–H and O–H groups in total. The third-order valence-electron chi connectivity index (χ3n) is 3.45. The van der Waals surface area contributed by atoms with Crippen LogP contribution in [0.3, 0.4) is 0 Å². The first kappa shape index (κ1) is 17.7. The molecule has 3 aromatic rings. The fraction of sp³-hybridized carbons (Fsp3) is 0.176. The van der Waals surface area contributed by atoms with Gasteiger partial charge in [0.2, 0.25) is 5.91 Å². The Bertz CT molecular complexity index is 891. The number of aryl methyl sites for hydroxylation is 1. The SMILES string of the molecule is Cn1cnnc1SCC(=O)Nc1ccccc1C(=O)NCc1ccco1. The van der Waals surface area contributed by atoms with Gasteiger partial charge in [0.15, 0.2) is 5.16 Å². The van der Waals surface area contributed by atoms with Gasteiger partial charge < -0.3 is 19.6 Å². The van der Waals surface area contributed by atoms with Gasteiger partial charge in [-0.1, -0.05) is 23.9 Å². The molecule has 2 amide bonds. The predicted molar refractivity (Wildman–Crippen MR) is 96.7 cm³/mol. The summed E-state index contributed by atoms with van der Waals surface area (Å²) in [6.07, 6.45) is 3.11. The van der Waals surface area contributed by atoms with Crippen LogP contribution in [0, 0.1) is 0 Å². The molecular formula is C17H17N5O3S. The highest BCUT2D eigenvalue weighted by atomic mass is 32.2. The van der Waals surface area contributed by atoms with Crippen LogP contribution in [0.2, 0.25) is 0 Å². The second-order valence-electron chi connectivity index (χ2n) is 5.37. The summed E-state index contributed by atoms with van der Waals surface area (Å²) < 4.78 is 6.92. The molecule has 2 aromatic heterocycles. The lowest BCUT2D eigenvalue weighted by Gasteiger charge is -2.11. The predicted octanol–water partition coefficient (Wildman–Crippen LogP) is 2.07. The van der Waals surface area contributed by atoms with E-state index in [1.165, 1.54) is 11.8 Å². The number of rotatable bonds is 7. The Hall–Kier alpha value is -3.07. The van der Waals surface area contributed by atoms with Crippen LogP contribution in [0.15, 0.2) is 58.6 Å². The number of para-hydroxylation sites is 1. The highest BCUT2D eigenvalue weighted by Gasteiger charge is 2.14. The van der Waals surface area contributed by atoms with Gasteiger partial charge in [-0.15, -0.1) is 10.2 Å². The molecule has 0 aliphatic carbocycles. The van der Waals surface area contributed by atoms with Gasteiger partial charge >= 0.3 is 0 Å². The van der Waals surface area contributed by atoms with Crippen molar-refractivity contribution < 1.29 is 14.0 Å². The van der Waals surface area contributed by atoms with Crippen molar-refractivity contribution in [1.82, 2.24) is 20.1 Å². The number of benzene rings is 1. The summed E-state index contributed by atoms with van der Waals surface area (Å²) >= 11 is 1.27. The molecule has 8 nitrogen and oxygen atoms in total. The lowest BCUT2D eigenvalue weighted by Crippen LogP contribution is -2.25.